The number of anilines is 1. The zero-order chi connectivity index (χ0) is 20.5. The molecule has 0 spiro atoms. The minimum atomic E-state index is -0.626. The molecule has 2 aliphatic heterocycles. The lowest BCUT2D eigenvalue weighted by molar-refractivity contribution is -0.197. The number of hydroxylamine groups is 2. The first-order chi connectivity index (χ1) is 13.9. The molecule has 8 heteroatoms. The van der Waals surface area contributed by atoms with Gasteiger partial charge < -0.3 is 20.5 Å². The van der Waals surface area contributed by atoms with Gasteiger partial charge in [-0.3, -0.25) is 9.59 Å². The Labute approximate surface area is 166 Å². The van der Waals surface area contributed by atoms with Gasteiger partial charge in [0, 0.05) is 31.5 Å². The van der Waals surface area contributed by atoms with Gasteiger partial charge in [0.25, 0.3) is 11.8 Å². The Morgan fingerprint density at radius 1 is 1.07 bits per heavy atom. The molecule has 2 amide bonds. The number of imide groups is 1. The van der Waals surface area contributed by atoms with E-state index in [0.29, 0.717) is 29.1 Å². The van der Waals surface area contributed by atoms with Gasteiger partial charge in [0.2, 0.25) is 0 Å². The van der Waals surface area contributed by atoms with Crippen LogP contribution < -0.4 is 11.1 Å². The molecular formula is C21H20N4O4. The molecule has 2 heterocycles. The van der Waals surface area contributed by atoms with Crippen molar-refractivity contribution in [2.45, 2.75) is 32.2 Å². The molecule has 0 aromatic heterocycles. The lowest BCUT2D eigenvalue weighted by Crippen LogP contribution is -2.32. The van der Waals surface area contributed by atoms with Crippen molar-refractivity contribution in [1.82, 2.24) is 9.63 Å². The molecule has 0 bridgehead atoms. The summed E-state index contributed by atoms with van der Waals surface area (Å²) in [6.45, 7) is 0.484. The summed E-state index contributed by atoms with van der Waals surface area (Å²) in [5, 5.41) is 9.91. The molecule has 29 heavy (non-hydrogen) atoms. The number of pyridine rings is 1. The second-order valence-electron chi connectivity index (χ2n) is 7.04. The zero-order valence-corrected chi connectivity index (χ0v) is 15.7. The molecule has 3 aliphatic rings. The highest BCUT2D eigenvalue weighted by molar-refractivity contribution is 6.01. The van der Waals surface area contributed by atoms with Crippen LogP contribution in [-0.4, -0.2) is 27.4 Å². The van der Waals surface area contributed by atoms with E-state index in [9.17, 15) is 14.4 Å². The summed E-state index contributed by atoms with van der Waals surface area (Å²) in [7, 11) is 0. The molecule has 1 aromatic carbocycles. The van der Waals surface area contributed by atoms with E-state index in [0.717, 1.165) is 22.2 Å². The molecule has 8 nitrogen and oxygen atoms in total. The van der Waals surface area contributed by atoms with Crippen LogP contribution in [0.4, 0.5) is 5.69 Å². The number of rotatable bonds is 5. The molecule has 3 N–H and O–H groups in total. The topological polar surface area (TPSA) is 118 Å². The van der Waals surface area contributed by atoms with Crippen LogP contribution in [0, 0.1) is 5.41 Å². The van der Waals surface area contributed by atoms with Gasteiger partial charge in [0.05, 0.1) is 16.6 Å². The van der Waals surface area contributed by atoms with Gasteiger partial charge in [-0.15, -0.1) is 5.06 Å². The number of nitrogens with zero attached hydrogens (tertiary/aromatic N) is 2. The van der Waals surface area contributed by atoms with Crippen LogP contribution in [0.2, 0.25) is 0 Å². The van der Waals surface area contributed by atoms with Crippen LogP contribution in [0.15, 0.2) is 42.5 Å². The third kappa shape index (κ3) is 3.69. The lowest BCUT2D eigenvalue weighted by Gasteiger charge is -2.20. The van der Waals surface area contributed by atoms with Crippen LogP contribution in [0.1, 0.15) is 25.7 Å². The number of nitrogens with one attached hydrogen (secondary N) is 1. The fourth-order valence-corrected chi connectivity index (χ4v) is 3.54. The molecule has 1 fully saturated rings. The number of benzene rings is 2. The Balaban J connectivity index is 1.56. The Bertz CT molecular complexity index is 1150. The van der Waals surface area contributed by atoms with E-state index in [4.69, 9.17) is 16.0 Å². The number of hydrogen-bond donors (Lipinski definition) is 2. The van der Waals surface area contributed by atoms with E-state index < -0.39 is 17.8 Å². The average molecular weight is 392 g/mol. The summed E-state index contributed by atoms with van der Waals surface area (Å²) in [6, 6.07) is 13.1. The lowest BCUT2D eigenvalue weighted by atomic mass is 10.0. The predicted molar refractivity (Wildman–Crippen MR) is 105 cm³/mol. The third-order valence-corrected chi connectivity index (χ3v) is 4.94. The van der Waals surface area contributed by atoms with Crippen molar-refractivity contribution in [2.24, 2.45) is 0 Å². The van der Waals surface area contributed by atoms with Crippen molar-refractivity contribution < 1.29 is 19.2 Å². The van der Waals surface area contributed by atoms with Gasteiger partial charge >= 0.3 is 5.97 Å². The highest BCUT2D eigenvalue weighted by Gasteiger charge is 2.32. The van der Waals surface area contributed by atoms with E-state index in [-0.39, 0.29) is 19.3 Å². The number of carbonyl (C=O) groups excluding carboxylic acids is 3. The van der Waals surface area contributed by atoms with Crippen molar-refractivity contribution in [1.29, 1.82) is 5.41 Å². The van der Waals surface area contributed by atoms with Crippen LogP contribution >= 0.6 is 0 Å². The normalized spacial score (nSPS) is 14.1. The molecule has 148 valence electrons. The van der Waals surface area contributed by atoms with Crippen molar-refractivity contribution >= 4 is 34.4 Å². The number of aromatic nitrogens is 1. The van der Waals surface area contributed by atoms with E-state index in [1.54, 1.807) is 12.1 Å². The maximum Gasteiger partial charge on any atom is 0.333 e. The smallest absolute Gasteiger partial charge is 0.333 e. The highest BCUT2D eigenvalue weighted by atomic mass is 16.7. The summed E-state index contributed by atoms with van der Waals surface area (Å²) < 4.78 is 2.03. The Hall–Kier alpha value is -3.68. The van der Waals surface area contributed by atoms with Gasteiger partial charge in [0.15, 0.2) is 0 Å². The summed E-state index contributed by atoms with van der Waals surface area (Å²) in [5.41, 5.74) is 9.34. The van der Waals surface area contributed by atoms with Crippen LogP contribution in [-0.2, 0) is 25.8 Å². The summed E-state index contributed by atoms with van der Waals surface area (Å²) in [4.78, 5) is 40.1. The van der Waals surface area contributed by atoms with Gasteiger partial charge in [-0.05, 0) is 47.7 Å². The fourth-order valence-electron chi connectivity index (χ4n) is 3.54. The van der Waals surface area contributed by atoms with Crippen molar-refractivity contribution in [2.75, 3.05) is 5.73 Å². The van der Waals surface area contributed by atoms with Crippen molar-refractivity contribution in [3.8, 4) is 11.3 Å². The first-order valence-corrected chi connectivity index (χ1v) is 9.36. The quantitative estimate of drug-likeness (QED) is 0.392. The van der Waals surface area contributed by atoms with Gasteiger partial charge in [-0.1, -0.05) is 12.1 Å². The summed E-state index contributed by atoms with van der Waals surface area (Å²) in [5.74, 6) is -1.60. The third-order valence-electron chi connectivity index (χ3n) is 4.94. The Kier molecular flexibility index (Phi) is 4.75. The SMILES string of the molecule is N=c1ccc2cc3ccc(N)cc3n(CCCC(=O)ON3C(=O)CCC3=O)c-2c1. The number of aryl methyl sites for hydroxylation is 1. The molecule has 4 rings (SSSR count). The van der Waals surface area contributed by atoms with Gasteiger partial charge in [0.1, 0.15) is 0 Å². The zero-order valence-electron chi connectivity index (χ0n) is 15.7. The number of nitrogen functional groups attached to an aromatic ring is 1. The molecular weight excluding hydrogens is 372 g/mol. The highest BCUT2D eigenvalue weighted by Crippen LogP contribution is 2.29. The minimum Gasteiger partial charge on any atom is -0.399 e. The van der Waals surface area contributed by atoms with Crippen LogP contribution in [0.3, 0.4) is 0 Å². The van der Waals surface area contributed by atoms with Crippen molar-refractivity contribution in [3.63, 3.8) is 0 Å². The maximum absolute atomic E-state index is 12.1. The number of hydrogen-bond acceptors (Lipinski definition) is 6. The first-order valence-electron chi connectivity index (χ1n) is 9.36. The second-order valence-corrected chi connectivity index (χ2v) is 7.04. The maximum atomic E-state index is 12.1. The summed E-state index contributed by atoms with van der Waals surface area (Å²) in [6.07, 6.45) is 0.622. The van der Waals surface area contributed by atoms with Crippen molar-refractivity contribution in [3.05, 3.63) is 47.8 Å². The molecule has 0 unspecified atom stereocenters. The van der Waals surface area contributed by atoms with Crippen LogP contribution in [0.5, 0.6) is 0 Å². The predicted octanol–water partition coefficient (Wildman–Crippen LogP) is 2.20. The average Bonchev–Trinajstić information content (AvgIpc) is 3.00. The van der Waals surface area contributed by atoms with E-state index in [1.165, 1.54) is 0 Å². The van der Waals surface area contributed by atoms with E-state index >= 15 is 0 Å². The Morgan fingerprint density at radius 2 is 1.83 bits per heavy atom. The van der Waals surface area contributed by atoms with Gasteiger partial charge in [-0.2, -0.15) is 0 Å². The largest absolute Gasteiger partial charge is 0.399 e. The number of amides is 2. The number of nitrogens with two attached hydrogens (primary N) is 1. The molecule has 1 aromatic rings. The second kappa shape index (κ2) is 7.38. The fraction of sp³-hybridized carbons (Fsp3) is 0.238. The standard InChI is InChI=1S/C21H20N4O4/c22-15-5-3-13-10-14-4-6-16(23)12-18(14)24(17(13)11-15)9-1-2-21(28)29-25-19(26)7-8-20(25)27/h3-6,10-12,22H,1-2,7-9,23H2. The Morgan fingerprint density at radius 3 is 2.59 bits per heavy atom. The monoisotopic (exact) mass is 392 g/mol. The number of carbonyl (C=O) groups is 3. The minimum absolute atomic E-state index is 0.0465. The molecule has 1 aliphatic carbocycles. The number of fused-ring (bicyclic) bond motifs is 2. The van der Waals surface area contributed by atoms with Gasteiger partial charge in [-0.25, -0.2) is 4.79 Å². The summed E-state index contributed by atoms with van der Waals surface area (Å²) >= 11 is 0. The first kappa shape index (κ1) is 18.7. The van der Waals surface area contributed by atoms with Crippen LogP contribution in [0.25, 0.3) is 22.2 Å². The van der Waals surface area contributed by atoms with E-state index in [1.807, 2.05) is 34.9 Å². The molecule has 0 saturated carbocycles. The molecule has 0 radical (unpaired) electrons. The molecule has 0 atom stereocenters. The van der Waals surface area contributed by atoms with E-state index in [2.05, 4.69) is 0 Å². The molecule has 1 saturated heterocycles.